The monoisotopic (exact) mass is 280 g/mol. The van der Waals surface area contributed by atoms with Gasteiger partial charge in [-0.25, -0.2) is 0 Å². The number of hydrogen-bond donors (Lipinski definition) is 3. The quantitative estimate of drug-likeness (QED) is 0.768. The third kappa shape index (κ3) is 4.44. The predicted molar refractivity (Wildman–Crippen MR) is 79.8 cm³/mol. The molecule has 1 unspecified atom stereocenters. The van der Waals surface area contributed by atoms with E-state index < -0.39 is 0 Å². The first kappa shape index (κ1) is 14.2. The molecule has 0 aromatic heterocycles. The number of aliphatic hydroxyl groups is 1. The molecule has 1 aliphatic heterocycles. The first-order valence-electron chi connectivity index (χ1n) is 6.63. The number of aliphatic hydroxyl groups excluding tert-OH is 1. The molecule has 1 saturated heterocycles. The Hall–Kier alpha value is -1.20. The average molecular weight is 280 g/mol. The Bertz CT molecular complexity index is 402. The summed E-state index contributed by atoms with van der Waals surface area (Å²) in [4.78, 5) is 11.7. The highest BCUT2D eigenvalue weighted by Crippen LogP contribution is 2.21. The second kappa shape index (κ2) is 7.40. The van der Waals surface area contributed by atoms with Crippen LogP contribution in [0.1, 0.15) is 23.2 Å². The van der Waals surface area contributed by atoms with E-state index in [-0.39, 0.29) is 19.1 Å². The van der Waals surface area contributed by atoms with Crippen LogP contribution < -0.4 is 10.6 Å². The van der Waals surface area contributed by atoms with E-state index in [0.717, 1.165) is 11.4 Å². The summed E-state index contributed by atoms with van der Waals surface area (Å²) in [7, 11) is 0. The summed E-state index contributed by atoms with van der Waals surface area (Å²) in [6.07, 6.45) is 2.48. The molecule has 19 heavy (non-hydrogen) atoms. The fraction of sp³-hybridized carbons (Fsp3) is 0.500. The van der Waals surface area contributed by atoms with Crippen LogP contribution >= 0.6 is 11.8 Å². The van der Waals surface area contributed by atoms with Crippen LogP contribution in [0.2, 0.25) is 0 Å². The minimum Gasteiger partial charge on any atom is -0.395 e. The van der Waals surface area contributed by atoms with Crippen molar-refractivity contribution in [1.29, 1.82) is 0 Å². The average Bonchev–Trinajstić information content (AvgIpc) is 2.46. The molecule has 1 amide bonds. The van der Waals surface area contributed by atoms with Gasteiger partial charge in [-0.05, 0) is 42.9 Å². The van der Waals surface area contributed by atoms with Crippen molar-refractivity contribution in [3.8, 4) is 0 Å². The Kier molecular flexibility index (Phi) is 5.54. The summed E-state index contributed by atoms with van der Waals surface area (Å²) in [5, 5.41) is 14.8. The standard InChI is InChI=1S/C14H20N2O2S/c17-8-7-15-14(18)11-3-5-12(6-4-11)16-13-2-1-9-19-10-13/h3-6,13,16-17H,1-2,7-10H2,(H,15,18). The first-order chi connectivity index (χ1) is 9.29. The van der Waals surface area contributed by atoms with E-state index in [2.05, 4.69) is 10.6 Å². The van der Waals surface area contributed by atoms with Crippen molar-refractivity contribution in [3.63, 3.8) is 0 Å². The fourth-order valence-corrected chi connectivity index (χ4v) is 3.15. The normalized spacial score (nSPS) is 18.9. The van der Waals surface area contributed by atoms with Gasteiger partial charge in [0.25, 0.3) is 5.91 Å². The summed E-state index contributed by atoms with van der Waals surface area (Å²) in [6, 6.07) is 8.03. The van der Waals surface area contributed by atoms with E-state index >= 15 is 0 Å². The van der Waals surface area contributed by atoms with Gasteiger partial charge in [-0.15, -0.1) is 0 Å². The molecule has 0 radical (unpaired) electrons. The molecule has 1 fully saturated rings. The van der Waals surface area contributed by atoms with Crippen LogP contribution in [0.3, 0.4) is 0 Å². The molecule has 0 spiro atoms. The van der Waals surface area contributed by atoms with Crippen LogP contribution in [0, 0.1) is 0 Å². The highest BCUT2D eigenvalue weighted by Gasteiger charge is 2.13. The van der Waals surface area contributed by atoms with Crippen molar-refractivity contribution in [2.24, 2.45) is 0 Å². The van der Waals surface area contributed by atoms with Gasteiger partial charge in [-0.2, -0.15) is 11.8 Å². The van der Waals surface area contributed by atoms with Gasteiger partial charge in [0.05, 0.1) is 6.61 Å². The summed E-state index contributed by atoms with van der Waals surface area (Å²) in [6.45, 7) is 0.253. The number of nitrogens with one attached hydrogen (secondary N) is 2. The van der Waals surface area contributed by atoms with Crippen LogP contribution in [-0.2, 0) is 0 Å². The molecule has 0 bridgehead atoms. The van der Waals surface area contributed by atoms with Crippen molar-refractivity contribution in [3.05, 3.63) is 29.8 Å². The molecule has 1 atom stereocenters. The third-order valence-corrected chi connectivity index (χ3v) is 4.29. The van der Waals surface area contributed by atoms with Gasteiger partial charge in [-0.1, -0.05) is 0 Å². The van der Waals surface area contributed by atoms with E-state index in [1.165, 1.54) is 18.6 Å². The molecule has 1 aromatic carbocycles. The molecular weight excluding hydrogens is 260 g/mol. The smallest absolute Gasteiger partial charge is 0.251 e. The first-order valence-corrected chi connectivity index (χ1v) is 7.78. The third-order valence-electron chi connectivity index (χ3n) is 3.08. The van der Waals surface area contributed by atoms with Crippen molar-refractivity contribution in [2.75, 3.05) is 30.0 Å². The zero-order chi connectivity index (χ0) is 13.5. The Balaban J connectivity index is 1.88. The van der Waals surface area contributed by atoms with Crippen LogP contribution in [0.5, 0.6) is 0 Å². The van der Waals surface area contributed by atoms with Crippen LogP contribution in [0.15, 0.2) is 24.3 Å². The van der Waals surface area contributed by atoms with Gasteiger partial charge in [-0.3, -0.25) is 4.79 Å². The molecule has 0 aliphatic carbocycles. The molecule has 4 nitrogen and oxygen atoms in total. The molecule has 1 aliphatic rings. The fourth-order valence-electron chi connectivity index (χ4n) is 2.08. The molecule has 0 saturated carbocycles. The van der Waals surface area contributed by atoms with Gasteiger partial charge >= 0.3 is 0 Å². The summed E-state index contributed by atoms with van der Waals surface area (Å²) < 4.78 is 0. The van der Waals surface area contributed by atoms with Gasteiger partial charge < -0.3 is 15.7 Å². The number of anilines is 1. The van der Waals surface area contributed by atoms with Gasteiger partial charge in [0.2, 0.25) is 0 Å². The number of hydrogen-bond acceptors (Lipinski definition) is 4. The highest BCUT2D eigenvalue weighted by atomic mass is 32.2. The zero-order valence-corrected chi connectivity index (χ0v) is 11.7. The lowest BCUT2D eigenvalue weighted by Crippen LogP contribution is -2.27. The minimum atomic E-state index is -0.145. The molecule has 2 rings (SSSR count). The zero-order valence-electron chi connectivity index (χ0n) is 10.9. The maximum Gasteiger partial charge on any atom is 0.251 e. The second-order valence-corrected chi connectivity index (χ2v) is 5.77. The largest absolute Gasteiger partial charge is 0.395 e. The van der Waals surface area contributed by atoms with E-state index in [9.17, 15) is 4.79 Å². The van der Waals surface area contributed by atoms with E-state index in [0.29, 0.717) is 11.6 Å². The second-order valence-electron chi connectivity index (χ2n) is 4.62. The van der Waals surface area contributed by atoms with Crippen molar-refractivity contribution in [1.82, 2.24) is 5.32 Å². The number of carbonyl (C=O) groups excluding carboxylic acids is 1. The van der Waals surface area contributed by atoms with Crippen LogP contribution in [0.25, 0.3) is 0 Å². The predicted octanol–water partition coefficient (Wildman–Crippen LogP) is 1.72. The number of benzene rings is 1. The van der Waals surface area contributed by atoms with Crippen LogP contribution in [0.4, 0.5) is 5.69 Å². The number of thioether (sulfide) groups is 1. The van der Waals surface area contributed by atoms with E-state index in [1.54, 1.807) is 0 Å². The molecule has 104 valence electrons. The number of carbonyl (C=O) groups is 1. The van der Waals surface area contributed by atoms with Gasteiger partial charge in [0, 0.05) is 29.6 Å². The Morgan fingerprint density at radius 3 is 2.79 bits per heavy atom. The Morgan fingerprint density at radius 2 is 2.16 bits per heavy atom. The van der Waals surface area contributed by atoms with E-state index in [1.807, 2.05) is 36.0 Å². The summed E-state index contributed by atoms with van der Waals surface area (Å²) in [5.41, 5.74) is 1.68. The Morgan fingerprint density at radius 1 is 1.37 bits per heavy atom. The molecular formula is C14H20N2O2S. The molecule has 1 aromatic rings. The Labute approximate surface area is 118 Å². The highest BCUT2D eigenvalue weighted by molar-refractivity contribution is 7.99. The van der Waals surface area contributed by atoms with Crippen molar-refractivity contribution < 1.29 is 9.90 Å². The number of amides is 1. The topological polar surface area (TPSA) is 61.4 Å². The lowest BCUT2D eigenvalue weighted by Gasteiger charge is -2.23. The number of rotatable bonds is 5. The van der Waals surface area contributed by atoms with Gasteiger partial charge in [0.1, 0.15) is 0 Å². The maximum absolute atomic E-state index is 11.7. The lowest BCUT2D eigenvalue weighted by molar-refractivity contribution is 0.0945. The maximum atomic E-state index is 11.7. The van der Waals surface area contributed by atoms with Crippen molar-refractivity contribution in [2.45, 2.75) is 18.9 Å². The molecule has 3 N–H and O–H groups in total. The summed E-state index contributed by atoms with van der Waals surface area (Å²) >= 11 is 1.99. The van der Waals surface area contributed by atoms with Crippen LogP contribution in [-0.4, -0.2) is 41.7 Å². The van der Waals surface area contributed by atoms with E-state index in [4.69, 9.17) is 5.11 Å². The lowest BCUT2D eigenvalue weighted by atomic mass is 10.1. The van der Waals surface area contributed by atoms with Gasteiger partial charge in [0.15, 0.2) is 0 Å². The minimum absolute atomic E-state index is 0.0370. The molecule has 5 heteroatoms. The summed E-state index contributed by atoms with van der Waals surface area (Å²) in [5.74, 6) is 2.27. The molecule has 1 heterocycles. The SMILES string of the molecule is O=C(NCCO)c1ccc(NC2CCCSC2)cc1. The van der Waals surface area contributed by atoms with Crippen molar-refractivity contribution >= 4 is 23.4 Å².